The molecule has 2 aromatic rings. The molecule has 6 nitrogen and oxygen atoms in total. The van der Waals surface area contributed by atoms with Gasteiger partial charge in [0.1, 0.15) is 5.82 Å². The molecule has 0 aliphatic carbocycles. The second-order valence-corrected chi connectivity index (χ2v) is 4.39. The summed E-state index contributed by atoms with van der Waals surface area (Å²) in [5.41, 5.74) is 6.69. The highest BCUT2D eigenvalue weighted by atomic mass is 32.2. The summed E-state index contributed by atoms with van der Waals surface area (Å²) in [6.45, 7) is 0.412. The number of imidazole rings is 1. The molecular weight excluding hydrogens is 224 g/mol. The number of nitrogens with zero attached hydrogens (tertiary/aromatic N) is 5. The molecule has 7 heteroatoms. The van der Waals surface area contributed by atoms with Gasteiger partial charge < -0.3 is 14.9 Å². The third-order valence-corrected chi connectivity index (χ3v) is 3.43. The SMILES string of the molecule is Cn1cncc1CSc1nnc(CN)n1C. The predicted octanol–water partition coefficient (Wildman–Crippen LogP) is 0.300. The van der Waals surface area contributed by atoms with E-state index in [-0.39, 0.29) is 0 Å². The monoisotopic (exact) mass is 238 g/mol. The molecule has 0 saturated heterocycles. The Labute approximate surface area is 97.9 Å². The maximum Gasteiger partial charge on any atom is 0.191 e. The summed E-state index contributed by atoms with van der Waals surface area (Å²) in [6, 6.07) is 0. The lowest BCUT2D eigenvalue weighted by molar-refractivity contribution is 0.733. The summed E-state index contributed by atoms with van der Waals surface area (Å²) in [5, 5.41) is 8.96. The molecule has 0 aromatic carbocycles. The molecule has 2 aromatic heterocycles. The van der Waals surface area contributed by atoms with Crippen molar-refractivity contribution in [1.82, 2.24) is 24.3 Å². The van der Waals surface area contributed by atoms with Gasteiger partial charge in [-0.25, -0.2) is 4.98 Å². The van der Waals surface area contributed by atoms with Crippen molar-refractivity contribution in [2.45, 2.75) is 17.5 Å². The highest BCUT2D eigenvalue weighted by molar-refractivity contribution is 7.98. The van der Waals surface area contributed by atoms with Crippen LogP contribution in [0.5, 0.6) is 0 Å². The van der Waals surface area contributed by atoms with Crippen LogP contribution in [0.25, 0.3) is 0 Å². The van der Waals surface area contributed by atoms with Crippen molar-refractivity contribution in [2.24, 2.45) is 19.8 Å². The molecule has 0 radical (unpaired) electrons. The van der Waals surface area contributed by atoms with Gasteiger partial charge in [0, 0.05) is 31.7 Å². The zero-order valence-electron chi connectivity index (χ0n) is 9.29. The molecule has 0 unspecified atom stereocenters. The van der Waals surface area contributed by atoms with Gasteiger partial charge in [0.25, 0.3) is 0 Å². The van der Waals surface area contributed by atoms with Crippen molar-refractivity contribution in [3.63, 3.8) is 0 Å². The zero-order valence-corrected chi connectivity index (χ0v) is 10.1. The summed E-state index contributed by atoms with van der Waals surface area (Å²) in [5.74, 6) is 1.63. The Balaban J connectivity index is 2.05. The first kappa shape index (κ1) is 11.2. The van der Waals surface area contributed by atoms with Gasteiger partial charge in [0.2, 0.25) is 0 Å². The fourth-order valence-electron chi connectivity index (χ4n) is 1.31. The summed E-state index contributed by atoms with van der Waals surface area (Å²) >= 11 is 1.63. The van der Waals surface area contributed by atoms with Gasteiger partial charge in [-0.2, -0.15) is 0 Å². The molecule has 0 amide bonds. The Morgan fingerprint density at radius 1 is 1.38 bits per heavy atom. The van der Waals surface area contributed by atoms with Crippen LogP contribution in [-0.4, -0.2) is 24.3 Å². The van der Waals surface area contributed by atoms with E-state index < -0.39 is 0 Å². The third kappa shape index (κ3) is 2.10. The van der Waals surface area contributed by atoms with Crippen LogP contribution in [0.15, 0.2) is 17.7 Å². The molecule has 2 N–H and O–H groups in total. The first-order valence-corrected chi connectivity index (χ1v) is 5.87. The largest absolute Gasteiger partial charge is 0.337 e. The lowest BCUT2D eigenvalue weighted by Crippen LogP contribution is -2.05. The molecular formula is C9H14N6S. The minimum Gasteiger partial charge on any atom is -0.337 e. The summed E-state index contributed by atoms with van der Waals surface area (Å²) in [6.07, 6.45) is 3.64. The maximum atomic E-state index is 5.53. The average Bonchev–Trinajstić information content (AvgIpc) is 2.83. The van der Waals surface area contributed by atoms with E-state index in [1.807, 2.05) is 29.4 Å². The van der Waals surface area contributed by atoms with Crippen LogP contribution in [-0.2, 0) is 26.4 Å². The molecule has 0 fully saturated rings. The lowest BCUT2D eigenvalue weighted by Gasteiger charge is -2.02. The minimum atomic E-state index is 0.412. The van der Waals surface area contributed by atoms with Crippen molar-refractivity contribution in [2.75, 3.05) is 0 Å². The van der Waals surface area contributed by atoms with Gasteiger partial charge in [-0.1, -0.05) is 11.8 Å². The number of thioether (sulfide) groups is 1. The molecule has 2 heterocycles. The average molecular weight is 238 g/mol. The molecule has 0 spiro atoms. The van der Waals surface area contributed by atoms with E-state index >= 15 is 0 Å². The molecule has 2 rings (SSSR count). The molecule has 0 bridgehead atoms. The van der Waals surface area contributed by atoms with Gasteiger partial charge in [0.15, 0.2) is 5.16 Å². The van der Waals surface area contributed by atoms with E-state index in [9.17, 15) is 0 Å². The van der Waals surface area contributed by atoms with Gasteiger partial charge >= 0.3 is 0 Å². The van der Waals surface area contributed by atoms with Crippen LogP contribution in [0.4, 0.5) is 0 Å². The molecule has 0 aliphatic heterocycles. The highest BCUT2D eigenvalue weighted by Gasteiger charge is 2.08. The van der Waals surface area contributed by atoms with Gasteiger partial charge in [0.05, 0.1) is 12.9 Å². The maximum absolute atomic E-state index is 5.53. The molecule has 0 saturated carbocycles. The van der Waals surface area contributed by atoms with Crippen LogP contribution in [0.1, 0.15) is 11.5 Å². The number of aromatic nitrogens is 5. The first-order valence-electron chi connectivity index (χ1n) is 4.88. The summed E-state index contributed by atoms with van der Waals surface area (Å²) in [7, 11) is 3.90. The van der Waals surface area contributed by atoms with E-state index in [4.69, 9.17) is 5.73 Å². The van der Waals surface area contributed by atoms with Crippen molar-refractivity contribution in [3.05, 3.63) is 24.0 Å². The van der Waals surface area contributed by atoms with Crippen LogP contribution in [0.3, 0.4) is 0 Å². The number of aryl methyl sites for hydroxylation is 1. The molecule has 16 heavy (non-hydrogen) atoms. The number of hydrogen-bond donors (Lipinski definition) is 1. The Bertz CT molecular complexity index is 474. The second kappa shape index (κ2) is 4.67. The summed E-state index contributed by atoms with van der Waals surface area (Å²) < 4.78 is 3.91. The van der Waals surface area contributed by atoms with E-state index in [0.29, 0.717) is 6.54 Å². The Kier molecular flexibility index (Phi) is 3.25. The number of hydrogen-bond acceptors (Lipinski definition) is 5. The van der Waals surface area contributed by atoms with Crippen molar-refractivity contribution in [3.8, 4) is 0 Å². The molecule has 0 atom stereocenters. The van der Waals surface area contributed by atoms with E-state index in [1.165, 1.54) is 0 Å². The Hall–Kier alpha value is -1.34. The van der Waals surface area contributed by atoms with Crippen molar-refractivity contribution < 1.29 is 0 Å². The van der Waals surface area contributed by atoms with Gasteiger partial charge in [-0.15, -0.1) is 10.2 Å². The van der Waals surface area contributed by atoms with Crippen molar-refractivity contribution >= 4 is 11.8 Å². The quantitative estimate of drug-likeness (QED) is 0.775. The number of rotatable bonds is 4. The van der Waals surface area contributed by atoms with E-state index in [2.05, 4.69) is 15.2 Å². The highest BCUT2D eigenvalue weighted by Crippen LogP contribution is 2.20. The molecule has 0 aliphatic rings. The normalized spacial score (nSPS) is 10.9. The predicted molar refractivity (Wildman–Crippen MR) is 61.7 cm³/mol. The Morgan fingerprint density at radius 2 is 2.19 bits per heavy atom. The van der Waals surface area contributed by atoms with Crippen molar-refractivity contribution in [1.29, 1.82) is 0 Å². The third-order valence-electron chi connectivity index (χ3n) is 2.37. The van der Waals surface area contributed by atoms with Crippen LogP contribution in [0.2, 0.25) is 0 Å². The first-order chi connectivity index (χ1) is 7.72. The van der Waals surface area contributed by atoms with Gasteiger partial charge in [-0.05, 0) is 0 Å². The number of nitrogens with two attached hydrogens (primary N) is 1. The van der Waals surface area contributed by atoms with E-state index in [1.54, 1.807) is 18.1 Å². The lowest BCUT2D eigenvalue weighted by atomic mass is 10.5. The minimum absolute atomic E-state index is 0.412. The fourth-order valence-corrected chi connectivity index (χ4v) is 2.26. The zero-order chi connectivity index (χ0) is 11.5. The standard InChI is InChI=1S/C9H14N6S/c1-14-6-11-4-7(14)5-16-9-13-12-8(3-10)15(9)2/h4,6H,3,5,10H2,1-2H3. The van der Waals surface area contributed by atoms with Crippen LogP contribution < -0.4 is 5.73 Å². The second-order valence-electron chi connectivity index (χ2n) is 3.45. The fraction of sp³-hybridized carbons (Fsp3) is 0.444. The smallest absolute Gasteiger partial charge is 0.191 e. The summed E-state index contributed by atoms with van der Waals surface area (Å²) in [4.78, 5) is 4.06. The van der Waals surface area contributed by atoms with Crippen LogP contribution in [0, 0.1) is 0 Å². The molecule has 86 valence electrons. The van der Waals surface area contributed by atoms with Crippen LogP contribution >= 0.6 is 11.8 Å². The van der Waals surface area contributed by atoms with Gasteiger partial charge in [-0.3, -0.25) is 0 Å². The Morgan fingerprint density at radius 3 is 2.75 bits per heavy atom. The van der Waals surface area contributed by atoms with E-state index in [0.717, 1.165) is 22.4 Å². The topological polar surface area (TPSA) is 74.6 Å².